The fourth-order valence-electron chi connectivity index (χ4n) is 5.29. The topological polar surface area (TPSA) is 20.2 Å². The minimum Gasteiger partial charge on any atom is -0.392 e. The molecule has 1 heteroatoms. The molecule has 3 fully saturated rings. The molecule has 0 aromatic carbocycles. The highest BCUT2D eigenvalue weighted by molar-refractivity contribution is 5.23. The van der Waals surface area contributed by atoms with Gasteiger partial charge in [-0.25, -0.2) is 0 Å². The first kappa shape index (κ1) is 11.1. The Morgan fingerprint density at radius 3 is 2.50 bits per heavy atom. The fraction of sp³-hybridized carbons (Fsp3) is 1.00. The van der Waals surface area contributed by atoms with Crippen LogP contribution in [0.5, 0.6) is 0 Å². The average Bonchev–Trinajstić information content (AvgIpc) is 2.77. The lowest BCUT2D eigenvalue weighted by Crippen LogP contribution is -2.48. The van der Waals surface area contributed by atoms with Gasteiger partial charge in [0.15, 0.2) is 0 Å². The minimum atomic E-state index is -0.0333. The van der Waals surface area contributed by atoms with Crippen molar-refractivity contribution >= 4 is 0 Å². The van der Waals surface area contributed by atoms with E-state index in [0.29, 0.717) is 16.2 Å². The molecule has 0 bridgehead atoms. The van der Waals surface area contributed by atoms with E-state index in [4.69, 9.17) is 0 Å². The van der Waals surface area contributed by atoms with Crippen LogP contribution in [0.3, 0.4) is 0 Å². The van der Waals surface area contributed by atoms with E-state index in [1.165, 1.54) is 25.7 Å². The summed E-state index contributed by atoms with van der Waals surface area (Å²) in [6.07, 6.45) is 6.35. The second-order valence-electron chi connectivity index (χ2n) is 7.99. The predicted molar refractivity (Wildman–Crippen MR) is 66.1 cm³/mol. The maximum Gasteiger partial charge on any atom is 0.0609 e. The van der Waals surface area contributed by atoms with Crippen molar-refractivity contribution in [1.29, 1.82) is 0 Å². The summed E-state index contributed by atoms with van der Waals surface area (Å²) in [5, 5.41) is 10.6. The molecule has 1 spiro atoms. The largest absolute Gasteiger partial charge is 0.392 e. The third-order valence-corrected chi connectivity index (χ3v) is 6.29. The molecule has 3 rings (SSSR count). The average molecular weight is 222 g/mol. The van der Waals surface area contributed by atoms with Crippen LogP contribution in [0.15, 0.2) is 0 Å². The predicted octanol–water partition coefficient (Wildman–Crippen LogP) is 3.61. The lowest BCUT2D eigenvalue weighted by Gasteiger charge is -2.51. The van der Waals surface area contributed by atoms with Gasteiger partial charge in [0.05, 0.1) is 6.10 Å². The Balaban J connectivity index is 1.97. The Kier molecular flexibility index (Phi) is 1.98. The van der Waals surface area contributed by atoms with Crippen molar-refractivity contribution in [3.63, 3.8) is 0 Å². The molecule has 0 aliphatic heterocycles. The second kappa shape index (κ2) is 2.85. The first-order chi connectivity index (χ1) is 7.31. The first-order valence-electron chi connectivity index (χ1n) is 6.99. The molecule has 0 radical (unpaired) electrons. The summed E-state index contributed by atoms with van der Waals surface area (Å²) in [6, 6.07) is 0. The summed E-state index contributed by atoms with van der Waals surface area (Å²) in [5.41, 5.74) is 1.16. The Labute approximate surface area is 99.6 Å². The SMILES string of the molecule is C[C@@H]1CC[C@@]2(C)C[C@@]23[C@@H](O)CC(C)(C)C[C@@H]13. The maximum atomic E-state index is 10.6. The molecule has 1 N–H and O–H groups in total. The van der Waals surface area contributed by atoms with Gasteiger partial charge in [0.1, 0.15) is 0 Å². The van der Waals surface area contributed by atoms with E-state index in [0.717, 1.165) is 18.3 Å². The third-order valence-electron chi connectivity index (χ3n) is 6.29. The second-order valence-corrected chi connectivity index (χ2v) is 7.99. The van der Waals surface area contributed by atoms with Crippen LogP contribution in [-0.2, 0) is 0 Å². The van der Waals surface area contributed by atoms with Gasteiger partial charge in [-0.1, -0.05) is 27.7 Å². The summed E-state index contributed by atoms with van der Waals surface area (Å²) < 4.78 is 0. The van der Waals surface area contributed by atoms with Gasteiger partial charge in [0.25, 0.3) is 0 Å². The highest BCUT2D eigenvalue weighted by Gasteiger charge is 2.74. The molecule has 0 aromatic rings. The zero-order chi connectivity index (χ0) is 11.8. The van der Waals surface area contributed by atoms with Gasteiger partial charge < -0.3 is 5.11 Å². The van der Waals surface area contributed by atoms with E-state index in [-0.39, 0.29) is 6.10 Å². The summed E-state index contributed by atoms with van der Waals surface area (Å²) >= 11 is 0. The molecular weight excluding hydrogens is 196 g/mol. The summed E-state index contributed by atoms with van der Waals surface area (Å²) in [4.78, 5) is 0. The molecule has 0 saturated heterocycles. The first-order valence-corrected chi connectivity index (χ1v) is 6.99. The van der Waals surface area contributed by atoms with Crippen molar-refractivity contribution in [2.75, 3.05) is 0 Å². The lowest BCUT2D eigenvalue weighted by molar-refractivity contribution is -0.0908. The molecule has 3 aliphatic rings. The Hall–Kier alpha value is -0.0400. The van der Waals surface area contributed by atoms with E-state index < -0.39 is 0 Å². The molecule has 1 nitrogen and oxygen atoms in total. The van der Waals surface area contributed by atoms with E-state index in [9.17, 15) is 5.11 Å². The van der Waals surface area contributed by atoms with Crippen LogP contribution in [0, 0.1) is 28.1 Å². The van der Waals surface area contributed by atoms with Gasteiger partial charge in [0.2, 0.25) is 0 Å². The third kappa shape index (κ3) is 1.16. The fourth-order valence-corrected chi connectivity index (χ4v) is 5.29. The maximum absolute atomic E-state index is 10.6. The molecule has 0 heterocycles. The Bertz CT molecular complexity index is 321. The van der Waals surface area contributed by atoms with Gasteiger partial charge in [0, 0.05) is 5.41 Å². The standard InChI is InChI=1S/C15H26O/c1-10-5-6-14(4)9-15(14)11(10)7-13(2,3)8-12(15)16/h10-12,16H,5-9H2,1-4H3/t10-,11+,12+,14+,15-/m1/s1. The quantitative estimate of drug-likeness (QED) is 0.664. The summed E-state index contributed by atoms with van der Waals surface area (Å²) in [7, 11) is 0. The molecule has 0 amide bonds. The van der Waals surface area contributed by atoms with E-state index in [2.05, 4.69) is 27.7 Å². The van der Waals surface area contributed by atoms with Crippen LogP contribution in [-0.4, -0.2) is 11.2 Å². The van der Waals surface area contributed by atoms with Crippen molar-refractivity contribution < 1.29 is 5.11 Å². The minimum absolute atomic E-state index is 0.0333. The van der Waals surface area contributed by atoms with Crippen molar-refractivity contribution in [3.8, 4) is 0 Å². The molecule has 3 aliphatic carbocycles. The number of hydrogen-bond acceptors (Lipinski definition) is 1. The molecule has 0 aromatic heterocycles. The Morgan fingerprint density at radius 1 is 1.12 bits per heavy atom. The van der Waals surface area contributed by atoms with Gasteiger partial charge in [-0.3, -0.25) is 0 Å². The van der Waals surface area contributed by atoms with E-state index in [1.54, 1.807) is 0 Å². The highest BCUT2D eigenvalue weighted by atomic mass is 16.3. The van der Waals surface area contributed by atoms with Crippen LogP contribution in [0.2, 0.25) is 0 Å². The van der Waals surface area contributed by atoms with E-state index >= 15 is 0 Å². The van der Waals surface area contributed by atoms with Crippen molar-refractivity contribution in [2.45, 2.75) is 65.9 Å². The molecule has 3 saturated carbocycles. The normalized spacial score (nSPS) is 58.7. The van der Waals surface area contributed by atoms with Crippen molar-refractivity contribution in [1.82, 2.24) is 0 Å². The molecule has 0 unspecified atom stereocenters. The van der Waals surface area contributed by atoms with Crippen molar-refractivity contribution in [3.05, 3.63) is 0 Å². The summed E-state index contributed by atoms with van der Waals surface area (Å²) in [6.45, 7) is 9.51. The number of aliphatic hydroxyl groups excluding tert-OH is 1. The Morgan fingerprint density at radius 2 is 1.81 bits per heavy atom. The monoisotopic (exact) mass is 222 g/mol. The zero-order valence-electron chi connectivity index (χ0n) is 11.2. The van der Waals surface area contributed by atoms with Crippen LogP contribution >= 0.6 is 0 Å². The molecule has 92 valence electrons. The van der Waals surface area contributed by atoms with Gasteiger partial charge in [-0.15, -0.1) is 0 Å². The van der Waals surface area contributed by atoms with Crippen LogP contribution < -0.4 is 0 Å². The molecule has 16 heavy (non-hydrogen) atoms. The number of aliphatic hydroxyl groups is 1. The summed E-state index contributed by atoms with van der Waals surface area (Å²) in [5.74, 6) is 1.61. The van der Waals surface area contributed by atoms with Crippen LogP contribution in [0.4, 0.5) is 0 Å². The van der Waals surface area contributed by atoms with Gasteiger partial charge >= 0.3 is 0 Å². The lowest BCUT2D eigenvalue weighted by atomic mass is 9.55. The smallest absolute Gasteiger partial charge is 0.0609 e. The van der Waals surface area contributed by atoms with Crippen LogP contribution in [0.1, 0.15) is 59.8 Å². The molecular formula is C15H26O. The number of rotatable bonds is 0. The number of hydrogen-bond donors (Lipinski definition) is 1. The van der Waals surface area contributed by atoms with E-state index in [1.807, 2.05) is 0 Å². The van der Waals surface area contributed by atoms with Crippen LogP contribution in [0.25, 0.3) is 0 Å². The van der Waals surface area contributed by atoms with Gasteiger partial charge in [-0.2, -0.15) is 0 Å². The zero-order valence-corrected chi connectivity index (χ0v) is 11.2. The van der Waals surface area contributed by atoms with Crippen molar-refractivity contribution in [2.24, 2.45) is 28.1 Å². The molecule has 5 atom stereocenters. The van der Waals surface area contributed by atoms with Gasteiger partial charge in [-0.05, 0) is 54.8 Å². The highest BCUT2D eigenvalue weighted by Crippen LogP contribution is 2.79.